The molecule has 4 N–H and O–H groups in total. The summed E-state index contributed by atoms with van der Waals surface area (Å²) in [4.78, 5) is 68.7. The largest absolute Gasteiger partial charge is 0.461 e. The lowest BCUT2D eigenvalue weighted by molar-refractivity contribution is -0.159. The summed E-state index contributed by atoms with van der Waals surface area (Å²) in [6, 6.07) is 6.22. The van der Waals surface area contributed by atoms with Crippen molar-refractivity contribution < 1.29 is 38.6 Å². The van der Waals surface area contributed by atoms with Crippen molar-refractivity contribution in [3.8, 4) is 0 Å². The van der Waals surface area contributed by atoms with Crippen LogP contribution in [0.25, 0.3) is 0 Å². The molecule has 0 radical (unpaired) electrons. The smallest absolute Gasteiger partial charge is 0.337 e. The van der Waals surface area contributed by atoms with Gasteiger partial charge in [0.05, 0.1) is 18.7 Å². The van der Waals surface area contributed by atoms with E-state index < -0.39 is 47.8 Å². The molecule has 3 rings (SSSR count). The minimum absolute atomic E-state index is 0.0597. The van der Waals surface area contributed by atoms with Crippen LogP contribution in [0.5, 0.6) is 0 Å². The van der Waals surface area contributed by atoms with Crippen molar-refractivity contribution in [1.82, 2.24) is 25.8 Å². The van der Waals surface area contributed by atoms with Gasteiger partial charge >= 0.3 is 18.0 Å². The molecular formula is C35H55N5O8. The summed E-state index contributed by atoms with van der Waals surface area (Å²) >= 11 is 0. The maximum absolute atomic E-state index is 13.9. The lowest BCUT2D eigenvalue weighted by Crippen LogP contribution is -2.59. The zero-order valence-corrected chi connectivity index (χ0v) is 29.5. The number of ether oxygens (including phenoxy) is 2. The van der Waals surface area contributed by atoms with E-state index in [1.807, 2.05) is 65.0 Å². The predicted octanol–water partition coefficient (Wildman–Crippen LogP) is 2.15. The van der Waals surface area contributed by atoms with E-state index in [1.54, 1.807) is 18.7 Å². The zero-order valence-electron chi connectivity index (χ0n) is 29.5. The minimum Gasteiger partial charge on any atom is -0.461 e. The molecule has 0 spiro atoms. The van der Waals surface area contributed by atoms with E-state index in [0.717, 1.165) is 5.56 Å². The first kappa shape index (κ1) is 38.7. The summed E-state index contributed by atoms with van der Waals surface area (Å²) in [6.45, 7) is 13.8. The predicted molar refractivity (Wildman–Crippen MR) is 180 cm³/mol. The third-order valence-electron chi connectivity index (χ3n) is 8.39. The molecule has 2 aliphatic heterocycles. The molecule has 0 bridgehead atoms. The van der Waals surface area contributed by atoms with Crippen LogP contribution in [0.3, 0.4) is 0 Å². The first-order valence-corrected chi connectivity index (χ1v) is 17.1. The van der Waals surface area contributed by atoms with Crippen LogP contribution in [0.4, 0.5) is 4.79 Å². The molecule has 0 aliphatic carbocycles. The number of carbonyl (C=O) groups excluding carboxylic acids is 5. The van der Waals surface area contributed by atoms with E-state index in [-0.39, 0.29) is 42.8 Å². The molecule has 2 aliphatic rings. The van der Waals surface area contributed by atoms with Gasteiger partial charge in [-0.05, 0) is 78.2 Å². The Hall–Kier alpha value is -3.71. The Bertz CT molecular complexity index is 1240. The van der Waals surface area contributed by atoms with Gasteiger partial charge in [0.25, 0.3) is 0 Å². The van der Waals surface area contributed by atoms with Gasteiger partial charge in [-0.15, -0.1) is 0 Å². The summed E-state index contributed by atoms with van der Waals surface area (Å²) in [5, 5.41) is 19.8. The average molecular weight is 674 g/mol. The van der Waals surface area contributed by atoms with E-state index in [2.05, 4.69) is 16.0 Å². The molecule has 0 saturated carbocycles. The highest BCUT2D eigenvalue weighted by Gasteiger charge is 2.41. The molecule has 13 heteroatoms. The van der Waals surface area contributed by atoms with Crippen molar-refractivity contribution in [3.05, 3.63) is 35.9 Å². The standard InChI is InChI=1S/C35H55N5O8/c1-22(2)29(38-34(46)39-18-15-25(16-19-39)36-21-28(41)48-35(5,6)7)32(44)40-17-11-14-27(40)31(43)37-26(20-24-12-9-8-10-13-24)30(42)33(45)47-23(3)4/h8-10,12-13,22-23,25-27,29-30,36,42H,11,14-21H2,1-7H3,(H,37,43)(H,38,46)/t26-,27-,29-,30+/m0/s1. The fraction of sp³-hybridized carbons (Fsp3) is 0.686. The minimum atomic E-state index is -1.61. The van der Waals surface area contributed by atoms with Crippen LogP contribution in [-0.2, 0) is 35.1 Å². The van der Waals surface area contributed by atoms with Crippen LogP contribution >= 0.6 is 0 Å². The first-order chi connectivity index (χ1) is 22.6. The quantitative estimate of drug-likeness (QED) is 0.230. The van der Waals surface area contributed by atoms with Crippen LogP contribution in [0.15, 0.2) is 30.3 Å². The normalized spacial score (nSPS) is 19.1. The van der Waals surface area contributed by atoms with Crippen molar-refractivity contribution in [2.24, 2.45) is 5.92 Å². The zero-order chi connectivity index (χ0) is 35.6. The molecule has 1 aromatic carbocycles. The van der Waals surface area contributed by atoms with Gasteiger partial charge < -0.3 is 40.3 Å². The SMILES string of the molecule is CC(C)OC(=O)[C@H](O)[C@H](Cc1ccccc1)NC(=O)[C@@H]1CCCN1C(=O)[C@@H](NC(=O)N1CCC(NCC(=O)OC(C)(C)C)CC1)C(C)C. The highest BCUT2D eigenvalue weighted by Crippen LogP contribution is 2.22. The highest BCUT2D eigenvalue weighted by molar-refractivity contribution is 5.93. The second-order valence-electron chi connectivity index (χ2n) is 14.3. The number of urea groups is 1. The van der Waals surface area contributed by atoms with Crippen LogP contribution in [0.1, 0.15) is 79.7 Å². The number of nitrogens with one attached hydrogen (secondary N) is 3. The molecule has 268 valence electrons. The number of benzene rings is 1. The number of aliphatic hydroxyl groups is 1. The van der Waals surface area contributed by atoms with E-state index in [4.69, 9.17) is 9.47 Å². The van der Waals surface area contributed by atoms with E-state index in [0.29, 0.717) is 45.3 Å². The topological polar surface area (TPSA) is 167 Å². The van der Waals surface area contributed by atoms with Gasteiger partial charge in [0.15, 0.2) is 6.10 Å². The third kappa shape index (κ3) is 11.8. The van der Waals surface area contributed by atoms with Crippen molar-refractivity contribution in [2.75, 3.05) is 26.2 Å². The highest BCUT2D eigenvalue weighted by atomic mass is 16.6. The number of esters is 2. The number of aliphatic hydroxyl groups excluding tert-OH is 1. The maximum Gasteiger partial charge on any atom is 0.337 e. The lowest BCUT2D eigenvalue weighted by Gasteiger charge is -2.35. The Labute approximate surface area is 284 Å². The number of amides is 4. The van der Waals surface area contributed by atoms with E-state index >= 15 is 0 Å². The summed E-state index contributed by atoms with van der Waals surface area (Å²) in [6.07, 6.45) is 0.412. The Morgan fingerprint density at radius 3 is 2.17 bits per heavy atom. The monoisotopic (exact) mass is 673 g/mol. The van der Waals surface area contributed by atoms with Gasteiger partial charge in [-0.25, -0.2) is 9.59 Å². The number of nitrogens with zero attached hydrogens (tertiary/aromatic N) is 2. The van der Waals surface area contributed by atoms with Crippen molar-refractivity contribution >= 4 is 29.8 Å². The van der Waals surface area contributed by atoms with Gasteiger partial charge in [-0.2, -0.15) is 0 Å². The van der Waals surface area contributed by atoms with Crippen LogP contribution < -0.4 is 16.0 Å². The van der Waals surface area contributed by atoms with E-state index in [9.17, 15) is 29.1 Å². The molecule has 13 nitrogen and oxygen atoms in total. The van der Waals surface area contributed by atoms with Crippen molar-refractivity contribution in [3.63, 3.8) is 0 Å². The van der Waals surface area contributed by atoms with E-state index in [1.165, 1.54) is 4.90 Å². The number of carbonyl (C=O) groups is 5. The van der Waals surface area contributed by atoms with Gasteiger partial charge in [0.1, 0.15) is 17.7 Å². The second-order valence-corrected chi connectivity index (χ2v) is 14.3. The Balaban J connectivity index is 1.61. The van der Waals surface area contributed by atoms with Crippen molar-refractivity contribution in [2.45, 2.75) is 123 Å². The summed E-state index contributed by atoms with van der Waals surface area (Å²) in [5.74, 6) is -2.25. The first-order valence-electron chi connectivity index (χ1n) is 17.1. The average Bonchev–Trinajstić information content (AvgIpc) is 3.51. The van der Waals surface area contributed by atoms with Crippen LogP contribution in [0, 0.1) is 5.92 Å². The molecule has 2 heterocycles. The molecule has 2 fully saturated rings. The maximum atomic E-state index is 13.9. The fourth-order valence-electron chi connectivity index (χ4n) is 5.97. The van der Waals surface area contributed by atoms with Gasteiger partial charge in [0.2, 0.25) is 11.8 Å². The molecule has 2 saturated heterocycles. The molecule has 4 atom stereocenters. The Morgan fingerprint density at radius 2 is 1.58 bits per heavy atom. The molecule has 48 heavy (non-hydrogen) atoms. The number of hydrogen-bond acceptors (Lipinski definition) is 9. The van der Waals surface area contributed by atoms with Crippen LogP contribution in [-0.4, -0.2) is 113 Å². The number of piperidine rings is 1. The molecule has 0 unspecified atom stereocenters. The third-order valence-corrected chi connectivity index (χ3v) is 8.39. The summed E-state index contributed by atoms with van der Waals surface area (Å²) in [5.41, 5.74) is 0.254. The lowest BCUT2D eigenvalue weighted by atomic mass is 10.00. The number of likely N-dealkylation sites (tertiary alicyclic amines) is 2. The second kappa shape index (κ2) is 17.6. The molecule has 4 amide bonds. The van der Waals surface area contributed by atoms with Gasteiger partial charge in [-0.1, -0.05) is 44.2 Å². The van der Waals surface area contributed by atoms with Gasteiger partial charge in [0, 0.05) is 25.7 Å². The molecule has 0 aromatic heterocycles. The van der Waals surface area contributed by atoms with Crippen LogP contribution in [0.2, 0.25) is 0 Å². The number of rotatable bonds is 13. The Morgan fingerprint density at radius 1 is 0.938 bits per heavy atom. The van der Waals surface area contributed by atoms with Gasteiger partial charge in [-0.3, -0.25) is 14.4 Å². The summed E-state index contributed by atoms with van der Waals surface area (Å²) < 4.78 is 10.6. The fourth-order valence-corrected chi connectivity index (χ4v) is 5.97. The number of hydrogen-bond donors (Lipinski definition) is 4. The molecule has 1 aromatic rings. The van der Waals surface area contributed by atoms with Crippen molar-refractivity contribution in [1.29, 1.82) is 0 Å². The molecular weight excluding hydrogens is 618 g/mol. The Kier molecular flexibility index (Phi) is 14.2. The summed E-state index contributed by atoms with van der Waals surface area (Å²) in [7, 11) is 0.